The Kier molecular flexibility index (Phi) is 3.70. The monoisotopic (exact) mass is 294 g/mol. The van der Waals surface area contributed by atoms with E-state index in [1.54, 1.807) is 0 Å². The first-order chi connectivity index (χ1) is 8.11. The van der Waals surface area contributed by atoms with Crippen LogP contribution in [0.15, 0.2) is 22.7 Å². The predicted molar refractivity (Wildman–Crippen MR) is 70.9 cm³/mol. The Morgan fingerprint density at radius 3 is 2.94 bits per heavy atom. The first kappa shape index (κ1) is 12.4. The Morgan fingerprint density at radius 1 is 1.53 bits per heavy atom. The Balaban J connectivity index is 2.28. The fourth-order valence-corrected chi connectivity index (χ4v) is 2.48. The van der Waals surface area contributed by atoms with E-state index in [-0.39, 0.29) is 6.10 Å². The first-order valence-corrected chi connectivity index (χ1v) is 6.54. The molecule has 0 bridgehead atoms. The van der Waals surface area contributed by atoms with E-state index >= 15 is 0 Å². The molecule has 4 heteroatoms. The number of aliphatic hydroxyl groups is 1. The molecular weight excluding hydrogens is 280 g/mol. The van der Waals surface area contributed by atoms with Crippen molar-refractivity contribution < 1.29 is 5.11 Å². The zero-order valence-corrected chi connectivity index (χ0v) is 11.3. The molecule has 1 heterocycles. The van der Waals surface area contributed by atoms with Gasteiger partial charge in [0.25, 0.3) is 0 Å². The molecule has 17 heavy (non-hydrogen) atoms. The number of anilines is 1. The molecule has 2 unspecified atom stereocenters. The molecule has 2 atom stereocenters. The van der Waals surface area contributed by atoms with Crippen molar-refractivity contribution in [3.63, 3.8) is 0 Å². The average molecular weight is 295 g/mol. The van der Waals surface area contributed by atoms with E-state index in [0.717, 1.165) is 23.1 Å². The summed E-state index contributed by atoms with van der Waals surface area (Å²) in [6, 6.07) is 7.82. The molecule has 1 saturated heterocycles. The lowest BCUT2D eigenvalue weighted by Crippen LogP contribution is -2.43. The molecular formula is C13H15BrN2O. The van der Waals surface area contributed by atoms with Gasteiger partial charge >= 0.3 is 0 Å². The fourth-order valence-electron chi connectivity index (χ4n) is 2.13. The minimum Gasteiger partial charge on any atom is -0.391 e. The third kappa shape index (κ3) is 2.62. The second-order valence-corrected chi connectivity index (χ2v) is 5.47. The number of nitrogens with zero attached hydrogens (tertiary/aromatic N) is 2. The third-order valence-corrected chi connectivity index (χ3v) is 3.83. The van der Waals surface area contributed by atoms with Crippen LogP contribution in [0.5, 0.6) is 0 Å². The SMILES string of the molecule is CC1CCN(c2cc(Br)ccc2C#N)CC1O. The number of β-amino-alcohol motifs (C(OH)–C–C–N with tert-alkyl or cyclic N) is 1. The maximum Gasteiger partial charge on any atom is 0.101 e. The molecule has 1 fully saturated rings. The highest BCUT2D eigenvalue weighted by Crippen LogP contribution is 2.28. The molecule has 0 radical (unpaired) electrons. The second-order valence-electron chi connectivity index (χ2n) is 4.55. The van der Waals surface area contributed by atoms with Gasteiger partial charge in [0.05, 0.1) is 17.4 Å². The van der Waals surface area contributed by atoms with Crippen LogP contribution in [0, 0.1) is 17.2 Å². The number of hydrogen-bond acceptors (Lipinski definition) is 3. The zero-order valence-electron chi connectivity index (χ0n) is 9.73. The van der Waals surface area contributed by atoms with Gasteiger partial charge in [-0.1, -0.05) is 22.9 Å². The quantitative estimate of drug-likeness (QED) is 0.866. The van der Waals surface area contributed by atoms with E-state index in [9.17, 15) is 5.11 Å². The highest BCUT2D eigenvalue weighted by atomic mass is 79.9. The lowest BCUT2D eigenvalue weighted by molar-refractivity contribution is 0.103. The van der Waals surface area contributed by atoms with Gasteiger partial charge in [0, 0.05) is 17.6 Å². The van der Waals surface area contributed by atoms with Crippen molar-refractivity contribution in [3.05, 3.63) is 28.2 Å². The van der Waals surface area contributed by atoms with E-state index in [2.05, 4.69) is 33.8 Å². The van der Waals surface area contributed by atoms with E-state index in [4.69, 9.17) is 5.26 Å². The molecule has 1 aliphatic rings. The summed E-state index contributed by atoms with van der Waals surface area (Å²) in [5.74, 6) is 0.337. The van der Waals surface area contributed by atoms with Crippen LogP contribution < -0.4 is 4.90 Å². The van der Waals surface area contributed by atoms with Gasteiger partial charge in [-0.25, -0.2) is 0 Å². The summed E-state index contributed by atoms with van der Waals surface area (Å²) in [7, 11) is 0. The van der Waals surface area contributed by atoms with E-state index in [1.165, 1.54) is 0 Å². The zero-order chi connectivity index (χ0) is 12.4. The van der Waals surface area contributed by atoms with Crippen LogP contribution in [0.2, 0.25) is 0 Å². The van der Waals surface area contributed by atoms with Gasteiger partial charge in [0.2, 0.25) is 0 Å². The molecule has 1 aromatic carbocycles. The van der Waals surface area contributed by atoms with Crippen molar-refractivity contribution in [1.29, 1.82) is 5.26 Å². The van der Waals surface area contributed by atoms with Crippen molar-refractivity contribution in [2.75, 3.05) is 18.0 Å². The highest BCUT2D eigenvalue weighted by molar-refractivity contribution is 9.10. The summed E-state index contributed by atoms with van der Waals surface area (Å²) in [6.45, 7) is 3.56. The lowest BCUT2D eigenvalue weighted by Gasteiger charge is -2.36. The summed E-state index contributed by atoms with van der Waals surface area (Å²) in [5, 5.41) is 19.0. The Morgan fingerprint density at radius 2 is 2.29 bits per heavy atom. The van der Waals surface area contributed by atoms with Gasteiger partial charge in [-0.3, -0.25) is 0 Å². The highest BCUT2D eigenvalue weighted by Gasteiger charge is 2.25. The van der Waals surface area contributed by atoms with Gasteiger partial charge in [-0.2, -0.15) is 5.26 Å². The first-order valence-electron chi connectivity index (χ1n) is 5.74. The van der Waals surface area contributed by atoms with Crippen molar-refractivity contribution in [3.8, 4) is 6.07 Å². The van der Waals surface area contributed by atoms with Crippen molar-refractivity contribution in [1.82, 2.24) is 0 Å². The topological polar surface area (TPSA) is 47.3 Å². The molecule has 90 valence electrons. The maximum absolute atomic E-state index is 9.91. The van der Waals surface area contributed by atoms with Gasteiger partial charge < -0.3 is 10.0 Å². The number of benzene rings is 1. The number of aliphatic hydroxyl groups excluding tert-OH is 1. The average Bonchev–Trinajstić information content (AvgIpc) is 2.32. The molecule has 3 nitrogen and oxygen atoms in total. The van der Waals surface area contributed by atoms with Crippen molar-refractivity contribution in [2.24, 2.45) is 5.92 Å². The van der Waals surface area contributed by atoms with Crippen LogP contribution in [0.1, 0.15) is 18.9 Å². The number of nitriles is 1. The normalized spacial score (nSPS) is 24.5. The van der Waals surface area contributed by atoms with Gasteiger partial charge in [-0.05, 0) is 30.5 Å². The van der Waals surface area contributed by atoms with Crippen LogP contribution in [0.25, 0.3) is 0 Å². The van der Waals surface area contributed by atoms with E-state index < -0.39 is 0 Å². The molecule has 1 aromatic rings. The Hall–Kier alpha value is -1.05. The molecule has 1 N–H and O–H groups in total. The lowest BCUT2D eigenvalue weighted by atomic mass is 9.95. The fraction of sp³-hybridized carbons (Fsp3) is 0.462. The van der Waals surface area contributed by atoms with E-state index in [1.807, 2.05) is 18.2 Å². The Bertz CT molecular complexity index is 455. The minimum atomic E-state index is -0.311. The smallest absolute Gasteiger partial charge is 0.101 e. The Labute approximate surface area is 110 Å². The molecule has 0 amide bonds. The van der Waals surface area contributed by atoms with Gasteiger partial charge in [0.15, 0.2) is 0 Å². The molecule has 0 saturated carbocycles. The number of piperidine rings is 1. The summed E-state index contributed by atoms with van der Waals surface area (Å²) in [5.41, 5.74) is 1.57. The van der Waals surface area contributed by atoms with Gasteiger partial charge in [-0.15, -0.1) is 0 Å². The molecule has 0 aliphatic carbocycles. The van der Waals surface area contributed by atoms with Crippen molar-refractivity contribution >= 4 is 21.6 Å². The van der Waals surface area contributed by atoms with Crippen LogP contribution in [0.4, 0.5) is 5.69 Å². The van der Waals surface area contributed by atoms with Gasteiger partial charge in [0.1, 0.15) is 6.07 Å². The summed E-state index contributed by atoms with van der Waals surface area (Å²) < 4.78 is 0.958. The second kappa shape index (κ2) is 5.07. The number of hydrogen-bond donors (Lipinski definition) is 1. The largest absolute Gasteiger partial charge is 0.391 e. The maximum atomic E-state index is 9.91. The number of rotatable bonds is 1. The summed E-state index contributed by atoms with van der Waals surface area (Å²) >= 11 is 3.42. The van der Waals surface area contributed by atoms with Crippen molar-refractivity contribution in [2.45, 2.75) is 19.4 Å². The molecule has 2 rings (SSSR count). The number of halogens is 1. The van der Waals surface area contributed by atoms with Crippen LogP contribution >= 0.6 is 15.9 Å². The third-order valence-electron chi connectivity index (χ3n) is 3.34. The molecule has 0 spiro atoms. The summed E-state index contributed by atoms with van der Waals surface area (Å²) in [6.07, 6.45) is 0.646. The predicted octanol–water partition coefficient (Wildman–Crippen LogP) is 2.53. The molecule has 1 aliphatic heterocycles. The van der Waals surface area contributed by atoms with E-state index in [0.29, 0.717) is 18.0 Å². The molecule has 0 aromatic heterocycles. The van der Waals surface area contributed by atoms with Crippen LogP contribution in [0.3, 0.4) is 0 Å². The summed E-state index contributed by atoms with van der Waals surface area (Å²) in [4.78, 5) is 2.09. The minimum absolute atomic E-state index is 0.311. The van der Waals surface area contributed by atoms with Crippen LogP contribution in [-0.4, -0.2) is 24.3 Å². The standard InChI is InChI=1S/C13H15BrN2O/c1-9-4-5-16(8-13(9)17)12-6-11(14)3-2-10(12)7-15/h2-3,6,9,13,17H,4-5,8H2,1H3. The van der Waals surface area contributed by atoms with Crippen LogP contribution in [-0.2, 0) is 0 Å².